The van der Waals surface area contributed by atoms with Crippen molar-refractivity contribution in [1.29, 1.82) is 0 Å². The second kappa shape index (κ2) is 6.03. The van der Waals surface area contributed by atoms with E-state index in [4.69, 9.17) is 5.11 Å². The topological polar surface area (TPSA) is 63.6 Å². The molecule has 1 rings (SSSR count). The van der Waals surface area contributed by atoms with E-state index in [9.17, 15) is 9.59 Å². The number of carboxylic acids is 1. The molecule has 0 spiro atoms. The van der Waals surface area contributed by atoms with Gasteiger partial charge in [-0.05, 0) is 30.5 Å². The van der Waals surface area contributed by atoms with Crippen molar-refractivity contribution in [2.45, 2.75) is 19.8 Å². The summed E-state index contributed by atoms with van der Waals surface area (Å²) in [6, 6.07) is 7.06. The minimum Gasteiger partial charge on any atom is -0.481 e. The normalized spacial score (nSPS) is 11.9. The lowest BCUT2D eigenvalue weighted by Gasteiger charge is -2.07. The fourth-order valence-corrected chi connectivity index (χ4v) is 1.48. The Morgan fingerprint density at radius 3 is 2.71 bits per heavy atom. The Hall–Kier alpha value is -1.84. The number of hydrogen-bond acceptors (Lipinski definition) is 3. The third-order valence-electron chi connectivity index (χ3n) is 2.64. The van der Waals surface area contributed by atoms with E-state index in [0.717, 1.165) is 5.56 Å². The highest BCUT2D eigenvalue weighted by atomic mass is 16.5. The van der Waals surface area contributed by atoms with E-state index in [0.29, 0.717) is 18.4 Å². The molecule has 92 valence electrons. The predicted molar refractivity (Wildman–Crippen MR) is 62.9 cm³/mol. The van der Waals surface area contributed by atoms with E-state index in [2.05, 4.69) is 4.74 Å². The maximum absolute atomic E-state index is 11.3. The van der Waals surface area contributed by atoms with Crippen LogP contribution < -0.4 is 0 Å². The van der Waals surface area contributed by atoms with Crippen molar-refractivity contribution >= 4 is 11.9 Å². The Balaban J connectivity index is 2.66. The molecule has 1 unspecified atom stereocenters. The van der Waals surface area contributed by atoms with Gasteiger partial charge in [0.05, 0.1) is 18.6 Å². The van der Waals surface area contributed by atoms with Gasteiger partial charge >= 0.3 is 11.9 Å². The van der Waals surface area contributed by atoms with Crippen molar-refractivity contribution in [3.63, 3.8) is 0 Å². The van der Waals surface area contributed by atoms with Crippen LogP contribution in [0.15, 0.2) is 24.3 Å². The fourth-order valence-electron chi connectivity index (χ4n) is 1.48. The Bertz CT molecular complexity index is 412. The molecular formula is C13H16O4. The van der Waals surface area contributed by atoms with Crippen molar-refractivity contribution < 1.29 is 19.4 Å². The lowest BCUT2D eigenvalue weighted by atomic mass is 10.00. The van der Waals surface area contributed by atoms with Crippen molar-refractivity contribution in [2.24, 2.45) is 5.92 Å². The molecule has 0 amide bonds. The van der Waals surface area contributed by atoms with Crippen LogP contribution >= 0.6 is 0 Å². The Morgan fingerprint density at radius 1 is 1.41 bits per heavy atom. The average molecular weight is 236 g/mol. The van der Waals surface area contributed by atoms with Gasteiger partial charge in [0.15, 0.2) is 0 Å². The summed E-state index contributed by atoms with van der Waals surface area (Å²) in [5.74, 6) is -1.55. The van der Waals surface area contributed by atoms with Crippen LogP contribution in [0.3, 0.4) is 0 Å². The Kier molecular flexibility index (Phi) is 4.69. The number of rotatable bonds is 5. The summed E-state index contributed by atoms with van der Waals surface area (Å²) >= 11 is 0. The molecule has 0 fully saturated rings. The summed E-state index contributed by atoms with van der Waals surface area (Å²) in [4.78, 5) is 22.0. The number of benzene rings is 1. The molecule has 0 heterocycles. The number of aliphatic carboxylic acids is 1. The SMILES string of the molecule is COC(=O)c1cccc(CCC(C)C(=O)O)c1. The van der Waals surface area contributed by atoms with Crippen LogP contribution in [-0.2, 0) is 16.0 Å². The first-order valence-corrected chi connectivity index (χ1v) is 5.44. The van der Waals surface area contributed by atoms with Crippen LogP contribution in [0.25, 0.3) is 0 Å². The van der Waals surface area contributed by atoms with E-state index >= 15 is 0 Å². The van der Waals surface area contributed by atoms with Gasteiger partial charge in [0.1, 0.15) is 0 Å². The molecule has 0 aromatic heterocycles. The molecule has 0 aliphatic rings. The number of carboxylic acid groups (broad SMARTS) is 1. The van der Waals surface area contributed by atoms with Crippen LogP contribution in [0.1, 0.15) is 29.3 Å². The van der Waals surface area contributed by atoms with E-state index in [1.54, 1.807) is 25.1 Å². The van der Waals surface area contributed by atoms with E-state index in [1.165, 1.54) is 7.11 Å². The zero-order valence-corrected chi connectivity index (χ0v) is 9.97. The first-order chi connectivity index (χ1) is 8.04. The Labute approximate surface area is 100 Å². The molecule has 0 radical (unpaired) electrons. The second-order valence-corrected chi connectivity index (χ2v) is 3.97. The van der Waals surface area contributed by atoms with Crippen LogP contribution in [0.5, 0.6) is 0 Å². The van der Waals surface area contributed by atoms with Crippen molar-refractivity contribution in [3.8, 4) is 0 Å². The van der Waals surface area contributed by atoms with Gasteiger partial charge < -0.3 is 9.84 Å². The summed E-state index contributed by atoms with van der Waals surface area (Å²) in [6.45, 7) is 1.67. The first kappa shape index (κ1) is 13.2. The third kappa shape index (κ3) is 3.90. The van der Waals surface area contributed by atoms with Crippen LogP contribution in [0.4, 0.5) is 0 Å². The zero-order chi connectivity index (χ0) is 12.8. The Morgan fingerprint density at radius 2 is 2.12 bits per heavy atom. The molecule has 1 N–H and O–H groups in total. The molecule has 4 nitrogen and oxygen atoms in total. The smallest absolute Gasteiger partial charge is 0.337 e. The number of esters is 1. The highest BCUT2D eigenvalue weighted by Gasteiger charge is 2.11. The van der Waals surface area contributed by atoms with E-state index in [1.807, 2.05) is 6.07 Å². The molecular weight excluding hydrogens is 220 g/mol. The van der Waals surface area contributed by atoms with Crippen molar-refractivity contribution in [3.05, 3.63) is 35.4 Å². The minimum atomic E-state index is -0.797. The van der Waals surface area contributed by atoms with Gasteiger partial charge in [0.25, 0.3) is 0 Å². The lowest BCUT2D eigenvalue weighted by molar-refractivity contribution is -0.141. The molecule has 4 heteroatoms. The summed E-state index contributed by atoms with van der Waals surface area (Å²) in [5, 5.41) is 8.77. The van der Waals surface area contributed by atoms with Gasteiger partial charge in [-0.3, -0.25) is 4.79 Å². The quantitative estimate of drug-likeness (QED) is 0.795. The predicted octanol–water partition coefficient (Wildman–Crippen LogP) is 2.13. The van der Waals surface area contributed by atoms with Crippen molar-refractivity contribution in [2.75, 3.05) is 7.11 Å². The van der Waals surface area contributed by atoms with Gasteiger partial charge in [-0.25, -0.2) is 4.79 Å². The second-order valence-electron chi connectivity index (χ2n) is 3.97. The molecule has 1 aromatic rings. The van der Waals surface area contributed by atoms with Gasteiger partial charge in [-0.2, -0.15) is 0 Å². The molecule has 17 heavy (non-hydrogen) atoms. The standard InChI is InChI=1S/C13H16O4/c1-9(12(14)15)6-7-10-4-3-5-11(8-10)13(16)17-2/h3-5,8-9H,6-7H2,1-2H3,(H,14,15). The van der Waals surface area contributed by atoms with Crippen LogP contribution in [-0.4, -0.2) is 24.2 Å². The van der Waals surface area contributed by atoms with Gasteiger partial charge in [0, 0.05) is 0 Å². The maximum atomic E-state index is 11.3. The van der Waals surface area contributed by atoms with Crippen LogP contribution in [0.2, 0.25) is 0 Å². The summed E-state index contributed by atoms with van der Waals surface area (Å²) in [5.41, 5.74) is 1.44. The molecule has 0 aliphatic carbocycles. The largest absolute Gasteiger partial charge is 0.481 e. The lowest BCUT2D eigenvalue weighted by Crippen LogP contribution is -2.10. The summed E-state index contributed by atoms with van der Waals surface area (Å²) in [7, 11) is 1.33. The van der Waals surface area contributed by atoms with E-state index < -0.39 is 5.97 Å². The number of ether oxygens (including phenoxy) is 1. The molecule has 0 saturated heterocycles. The van der Waals surface area contributed by atoms with Gasteiger partial charge in [-0.1, -0.05) is 19.1 Å². The molecule has 1 aromatic carbocycles. The number of hydrogen-bond donors (Lipinski definition) is 1. The highest BCUT2D eigenvalue weighted by molar-refractivity contribution is 5.89. The number of aryl methyl sites for hydroxylation is 1. The van der Waals surface area contributed by atoms with E-state index in [-0.39, 0.29) is 11.9 Å². The third-order valence-corrected chi connectivity index (χ3v) is 2.64. The van der Waals surface area contributed by atoms with Crippen LogP contribution in [0, 0.1) is 5.92 Å². The number of methoxy groups -OCH3 is 1. The average Bonchev–Trinajstić information content (AvgIpc) is 2.35. The van der Waals surface area contributed by atoms with Gasteiger partial charge in [-0.15, -0.1) is 0 Å². The zero-order valence-electron chi connectivity index (χ0n) is 9.97. The fraction of sp³-hybridized carbons (Fsp3) is 0.385. The molecule has 0 bridgehead atoms. The number of carbonyl (C=O) groups is 2. The van der Waals surface area contributed by atoms with Crippen molar-refractivity contribution in [1.82, 2.24) is 0 Å². The maximum Gasteiger partial charge on any atom is 0.337 e. The summed E-state index contributed by atoms with van der Waals surface area (Å²) < 4.78 is 4.62. The summed E-state index contributed by atoms with van der Waals surface area (Å²) in [6.07, 6.45) is 1.19. The monoisotopic (exact) mass is 236 g/mol. The molecule has 0 saturated carbocycles. The number of carbonyl (C=O) groups excluding carboxylic acids is 1. The molecule has 0 aliphatic heterocycles. The molecule has 1 atom stereocenters. The first-order valence-electron chi connectivity index (χ1n) is 5.44. The highest BCUT2D eigenvalue weighted by Crippen LogP contribution is 2.12. The van der Waals surface area contributed by atoms with Gasteiger partial charge in [0.2, 0.25) is 0 Å². The minimum absolute atomic E-state index is 0.377.